The fourth-order valence-electron chi connectivity index (χ4n) is 1.58. The van der Waals surface area contributed by atoms with Gasteiger partial charge in [0, 0.05) is 18.2 Å². The number of nitrogens with zero attached hydrogens (tertiary/aromatic N) is 1. The smallest absolute Gasteiger partial charge is 0.167 e. The highest BCUT2D eigenvalue weighted by Gasteiger charge is 2.07. The summed E-state index contributed by atoms with van der Waals surface area (Å²) in [5, 5.41) is 3.85. The summed E-state index contributed by atoms with van der Waals surface area (Å²) in [4.78, 5) is 0. The highest BCUT2D eigenvalue weighted by Crippen LogP contribution is 2.26. The molecule has 0 radical (unpaired) electrons. The van der Waals surface area contributed by atoms with E-state index in [-0.39, 0.29) is 0 Å². The molecule has 0 saturated heterocycles. The summed E-state index contributed by atoms with van der Waals surface area (Å²) in [6, 6.07) is 7.70. The topological polar surface area (TPSA) is 61.3 Å². The van der Waals surface area contributed by atoms with E-state index in [1.165, 1.54) is 0 Å². The number of methoxy groups -OCH3 is 1. The molecule has 0 aliphatic rings. The Morgan fingerprint density at radius 3 is 2.75 bits per heavy atom. The van der Waals surface area contributed by atoms with Crippen LogP contribution < -0.4 is 10.5 Å². The zero-order chi connectivity index (χ0) is 11.5. The van der Waals surface area contributed by atoms with Crippen LogP contribution in [-0.2, 0) is 6.54 Å². The normalized spacial score (nSPS) is 10.4. The second-order valence-corrected chi connectivity index (χ2v) is 3.57. The maximum atomic E-state index is 5.47. The molecule has 84 valence electrons. The highest BCUT2D eigenvalue weighted by atomic mass is 16.5. The minimum Gasteiger partial charge on any atom is -0.496 e. The van der Waals surface area contributed by atoms with Gasteiger partial charge < -0.3 is 15.0 Å². The molecule has 2 rings (SSSR count). The SMILES string of the molecule is COc1ccc(-c2cc(CN)no2)cc1C. The van der Waals surface area contributed by atoms with Crippen LogP contribution in [0.2, 0.25) is 0 Å². The lowest BCUT2D eigenvalue weighted by Crippen LogP contribution is -1.94. The van der Waals surface area contributed by atoms with Gasteiger partial charge in [0.15, 0.2) is 5.76 Å². The standard InChI is InChI=1S/C12H14N2O2/c1-8-5-9(3-4-11(8)15-2)12-6-10(7-13)14-16-12/h3-6H,7,13H2,1-2H3. The lowest BCUT2D eigenvalue weighted by Gasteiger charge is -2.04. The molecule has 1 heterocycles. The maximum Gasteiger partial charge on any atom is 0.167 e. The zero-order valence-corrected chi connectivity index (χ0v) is 9.36. The van der Waals surface area contributed by atoms with E-state index in [2.05, 4.69) is 5.16 Å². The van der Waals surface area contributed by atoms with Crippen molar-refractivity contribution in [2.24, 2.45) is 5.73 Å². The van der Waals surface area contributed by atoms with Gasteiger partial charge in [-0.15, -0.1) is 0 Å². The fraction of sp³-hybridized carbons (Fsp3) is 0.250. The second kappa shape index (κ2) is 4.37. The van der Waals surface area contributed by atoms with Crippen molar-refractivity contribution in [3.8, 4) is 17.1 Å². The molecule has 0 bridgehead atoms. The minimum atomic E-state index is 0.388. The average Bonchev–Trinajstić information content (AvgIpc) is 2.77. The molecule has 2 aromatic rings. The van der Waals surface area contributed by atoms with Crippen LogP contribution in [0.4, 0.5) is 0 Å². The van der Waals surface area contributed by atoms with Crippen LogP contribution in [0.5, 0.6) is 5.75 Å². The number of hydrogen-bond acceptors (Lipinski definition) is 4. The molecule has 0 atom stereocenters. The number of ether oxygens (including phenoxy) is 1. The summed E-state index contributed by atoms with van der Waals surface area (Å²) in [6.45, 7) is 2.38. The predicted molar refractivity (Wildman–Crippen MR) is 61.1 cm³/mol. The number of hydrogen-bond donors (Lipinski definition) is 1. The first-order valence-corrected chi connectivity index (χ1v) is 5.05. The van der Waals surface area contributed by atoms with Gasteiger partial charge in [0.2, 0.25) is 0 Å². The highest BCUT2D eigenvalue weighted by molar-refractivity contribution is 5.60. The summed E-state index contributed by atoms with van der Waals surface area (Å²) < 4.78 is 10.4. The molecule has 0 amide bonds. The van der Waals surface area contributed by atoms with Gasteiger partial charge in [0.25, 0.3) is 0 Å². The molecule has 4 heteroatoms. The molecule has 0 saturated carbocycles. The summed E-state index contributed by atoms with van der Waals surface area (Å²) >= 11 is 0. The summed E-state index contributed by atoms with van der Waals surface area (Å²) in [7, 11) is 1.66. The minimum absolute atomic E-state index is 0.388. The van der Waals surface area contributed by atoms with Crippen molar-refractivity contribution in [3.05, 3.63) is 35.5 Å². The molecular formula is C12H14N2O2. The van der Waals surface area contributed by atoms with Gasteiger partial charge in [-0.1, -0.05) is 5.16 Å². The molecule has 0 aliphatic heterocycles. The summed E-state index contributed by atoms with van der Waals surface area (Å²) in [6.07, 6.45) is 0. The third-order valence-electron chi connectivity index (χ3n) is 2.45. The van der Waals surface area contributed by atoms with Crippen molar-refractivity contribution in [1.82, 2.24) is 5.16 Å². The molecule has 1 aromatic carbocycles. The second-order valence-electron chi connectivity index (χ2n) is 3.57. The van der Waals surface area contributed by atoms with Gasteiger partial charge in [-0.3, -0.25) is 0 Å². The van der Waals surface area contributed by atoms with Gasteiger partial charge in [-0.2, -0.15) is 0 Å². The number of aryl methyl sites for hydroxylation is 1. The van der Waals surface area contributed by atoms with Gasteiger partial charge >= 0.3 is 0 Å². The number of aromatic nitrogens is 1. The van der Waals surface area contributed by atoms with Crippen molar-refractivity contribution in [2.45, 2.75) is 13.5 Å². The molecule has 0 spiro atoms. The van der Waals surface area contributed by atoms with Crippen LogP contribution >= 0.6 is 0 Å². The van der Waals surface area contributed by atoms with Crippen molar-refractivity contribution in [3.63, 3.8) is 0 Å². The van der Waals surface area contributed by atoms with Crippen LogP contribution in [0.25, 0.3) is 11.3 Å². The first-order valence-electron chi connectivity index (χ1n) is 5.05. The Morgan fingerprint density at radius 1 is 1.38 bits per heavy atom. The van der Waals surface area contributed by atoms with Crippen molar-refractivity contribution in [1.29, 1.82) is 0 Å². The van der Waals surface area contributed by atoms with Crippen molar-refractivity contribution in [2.75, 3.05) is 7.11 Å². The Labute approximate surface area is 94.0 Å². The van der Waals surface area contributed by atoms with Gasteiger partial charge in [-0.05, 0) is 30.7 Å². The molecule has 2 N–H and O–H groups in total. The van der Waals surface area contributed by atoms with E-state index in [0.717, 1.165) is 28.3 Å². The Balaban J connectivity index is 2.37. The first-order chi connectivity index (χ1) is 7.74. The van der Waals surface area contributed by atoms with E-state index in [9.17, 15) is 0 Å². The maximum absolute atomic E-state index is 5.47. The third-order valence-corrected chi connectivity index (χ3v) is 2.45. The van der Waals surface area contributed by atoms with Gasteiger partial charge in [0.05, 0.1) is 12.8 Å². The molecular weight excluding hydrogens is 204 g/mol. The lowest BCUT2D eigenvalue weighted by atomic mass is 10.1. The van der Waals surface area contributed by atoms with Crippen LogP contribution in [0.1, 0.15) is 11.3 Å². The van der Waals surface area contributed by atoms with Crippen LogP contribution in [0, 0.1) is 6.92 Å². The first kappa shape index (κ1) is 10.7. The largest absolute Gasteiger partial charge is 0.496 e. The quantitative estimate of drug-likeness (QED) is 0.857. The third kappa shape index (κ3) is 1.92. The van der Waals surface area contributed by atoms with E-state index < -0.39 is 0 Å². The monoisotopic (exact) mass is 218 g/mol. The molecule has 4 nitrogen and oxygen atoms in total. The summed E-state index contributed by atoms with van der Waals surface area (Å²) in [5.41, 5.74) is 8.27. The van der Waals surface area contributed by atoms with Crippen LogP contribution in [-0.4, -0.2) is 12.3 Å². The van der Waals surface area contributed by atoms with E-state index in [1.807, 2.05) is 31.2 Å². The molecule has 0 aliphatic carbocycles. The van der Waals surface area contributed by atoms with E-state index in [1.54, 1.807) is 7.11 Å². The van der Waals surface area contributed by atoms with E-state index >= 15 is 0 Å². The number of benzene rings is 1. The van der Waals surface area contributed by atoms with Crippen molar-refractivity contribution >= 4 is 0 Å². The predicted octanol–water partition coefficient (Wildman–Crippen LogP) is 2.12. The lowest BCUT2D eigenvalue weighted by molar-refractivity contribution is 0.411. The molecule has 0 unspecified atom stereocenters. The van der Waals surface area contributed by atoms with Crippen molar-refractivity contribution < 1.29 is 9.26 Å². The van der Waals surface area contributed by atoms with Gasteiger partial charge in [0.1, 0.15) is 5.75 Å². The average molecular weight is 218 g/mol. The Bertz CT molecular complexity index is 492. The number of nitrogens with two attached hydrogens (primary N) is 1. The fourth-order valence-corrected chi connectivity index (χ4v) is 1.58. The van der Waals surface area contributed by atoms with E-state index in [4.69, 9.17) is 15.0 Å². The summed E-state index contributed by atoms with van der Waals surface area (Å²) in [5.74, 6) is 1.59. The number of rotatable bonds is 3. The molecule has 16 heavy (non-hydrogen) atoms. The Kier molecular flexibility index (Phi) is 2.92. The Hall–Kier alpha value is -1.81. The van der Waals surface area contributed by atoms with E-state index in [0.29, 0.717) is 6.54 Å². The van der Waals surface area contributed by atoms with Gasteiger partial charge in [-0.25, -0.2) is 0 Å². The molecule has 0 fully saturated rings. The molecule has 1 aromatic heterocycles. The van der Waals surface area contributed by atoms with Crippen LogP contribution in [0.3, 0.4) is 0 Å². The zero-order valence-electron chi connectivity index (χ0n) is 9.36. The van der Waals surface area contributed by atoms with Crippen LogP contribution in [0.15, 0.2) is 28.8 Å². The Morgan fingerprint density at radius 2 is 2.19 bits per heavy atom.